The Balaban J connectivity index is 0.000000214. The Bertz CT molecular complexity index is 3490. The molecular weight excluding hydrogens is 1060 g/mol. The number of hydrogen-bond donors (Lipinski definition) is 0. The van der Waals surface area contributed by atoms with E-state index < -0.39 is 31.9 Å². The molecule has 0 saturated heterocycles. The van der Waals surface area contributed by atoms with Gasteiger partial charge >= 0.3 is 145 Å². The smallest absolute Gasteiger partial charge is 0 e. The number of rotatable bonds is 7. The molecule has 3 heterocycles. The van der Waals surface area contributed by atoms with Crippen LogP contribution in [0.15, 0.2) is 168 Å². The number of furan rings is 1. The van der Waals surface area contributed by atoms with Crippen molar-refractivity contribution in [1.29, 1.82) is 0 Å². The Morgan fingerprint density at radius 3 is 1.97 bits per heavy atom. The molecular formula is C61H59GeIrN3O-2. The summed E-state index contributed by atoms with van der Waals surface area (Å²) in [6.45, 7) is 10.4. The van der Waals surface area contributed by atoms with Crippen LogP contribution in [0.3, 0.4) is 0 Å². The molecule has 0 aliphatic rings. The molecule has 1 radical (unpaired) electrons. The van der Waals surface area contributed by atoms with E-state index in [0.717, 1.165) is 76.7 Å². The van der Waals surface area contributed by atoms with Crippen molar-refractivity contribution in [2.75, 3.05) is 0 Å². The predicted octanol–water partition coefficient (Wildman–Crippen LogP) is 16.0. The van der Waals surface area contributed by atoms with E-state index in [2.05, 4.69) is 169 Å². The summed E-state index contributed by atoms with van der Waals surface area (Å²) in [5.74, 6) is 7.50. The number of aryl methyl sites for hydroxylation is 1. The van der Waals surface area contributed by atoms with E-state index in [4.69, 9.17) is 16.3 Å². The zero-order chi connectivity index (χ0) is 50.7. The molecule has 0 fully saturated rings. The number of pyridine rings is 1. The molecule has 0 spiro atoms. The maximum atomic E-state index is 8.80. The third-order valence-corrected chi connectivity index (χ3v) is 16.0. The minimum atomic E-state index is -2.36. The van der Waals surface area contributed by atoms with Crippen LogP contribution >= 0.6 is 0 Å². The topological polar surface area (TPSA) is 43.9 Å². The summed E-state index contributed by atoms with van der Waals surface area (Å²) >= 11 is -2.36. The fourth-order valence-electron chi connectivity index (χ4n) is 8.55. The minimum absolute atomic E-state index is 0. The third kappa shape index (κ3) is 10.1. The average molecular weight is 1120 g/mol. The van der Waals surface area contributed by atoms with E-state index in [-0.39, 0.29) is 31.1 Å². The van der Waals surface area contributed by atoms with E-state index in [0.29, 0.717) is 16.8 Å². The van der Waals surface area contributed by atoms with E-state index in [1.165, 1.54) is 11.6 Å². The molecule has 0 N–H and O–H groups in total. The molecule has 10 aromatic rings. The molecule has 0 amide bonds. The average Bonchev–Trinajstić information content (AvgIpc) is 3.92. The molecule has 0 aliphatic carbocycles. The predicted molar refractivity (Wildman–Crippen MR) is 282 cm³/mol. The van der Waals surface area contributed by atoms with Gasteiger partial charge in [-0.25, -0.2) is 0 Å². The Morgan fingerprint density at radius 2 is 1.36 bits per heavy atom. The number of imidazole rings is 1. The van der Waals surface area contributed by atoms with Gasteiger partial charge in [0.1, 0.15) is 5.58 Å². The molecule has 339 valence electrons. The van der Waals surface area contributed by atoms with Crippen LogP contribution < -0.4 is 4.40 Å². The summed E-state index contributed by atoms with van der Waals surface area (Å²) in [6, 6.07) is 59.9. The summed E-state index contributed by atoms with van der Waals surface area (Å²) in [6.07, 6.45) is 0.303. The summed E-state index contributed by atoms with van der Waals surface area (Å²) in [5.41, 5.74) is 13.0. The van der Waals surface area contributed by atoms with E-state index in [1.807, 2.05) is 57.3 Å². The normalized spacial score (nSPS) is 13.5. The molecule has 3 aromatic heterocycles. The summed E-state index contributed by atoms with van der Waals surface area (Å²) < 4.78 is 50.0. The quantitative estimate of drug-likeness (QED) is 0.118. The van der Waals surface area contributed by atoms with Crippen LogP contribution in [0.5, 0.6) is 0 Å². The maximum Gasteiger partial charge on any atom is 0 e. The van der Waals surface area contributed by atoms with Gasteiger partial charge in [-0.15, -0.1) is 18.2 Å². The molecule has 4 nitrogen and oxygen atoms in total. The summed E-state index contributed by atoms with van der Waals surface area (Å²) in [7, 11) is 0. The van der Waals surface area contributed by atoms with Crippen molar-refractivity contribution >= 4 is 50.6 Å². The molecule has 7 aromatic carbocycles. The Morgan fingerprint density at radius 1 is 0.716 bits per heavy atom. The SMILES string of the molecule is CC(C)(C)c1cc(-c2ccccc2)c(-n2c(-c3[c-]ccc4c3oc3ccccc34)nc3ccccc32)c(-c2ccccc2)c1.[2H]C([2H])([2H])c1c[c-]c(-c2cc(C([2H])([2H])C(C)(C)C)[c]([Ge]([CH3])([CH3])[CH3])cn2)cc1.[Ir]. The number of para-hydroxylation sites is 3. The maximum absolute atomic E-state index is 8.80. The number of aromatic nitrogens is 3. The van der Waals surface area contributed by atoms with E-state index in [1.54, 1.807) is 12.1 Å². The minimum Gasteiger partial charge on any atom is 0 e. The van der Waals surface area contributed by atoms with Gasteiger partial charge in [0.25, 0.3) is 0 Å². The second kappa shape index (κ2) is 19.0. The van der Waals surface area contributed by atoms with Crippen LogP contribution in [0.1, 0.15) is 65.1 Å². The van der Waals surface area contributed by atoms with Crippen LogP contribution in [-0.4, -0.2) is 27.8 Å². The third-order valence-electron chi connectivity index (χ3n) is 11.8. The van der Waals surface area contributed by atoms with E-state index in [9.17, 15) is 0 Å². The van der Waals surface area contributed by atoms with Crippen LogP contribution in [0.25, 0.3) is 83.6 Å². The first-order chi connectivity index (χ1) is 33.5. The molecule has 0 atom stereocenters. The summed E-state index contributed by atoms with van der Waals surface area (Å²) in [4.78, 5) is 9.86. The van der Waals surface area contributed by atoms with Crippen molar-refractivity contribution in [2.45, 2.75) is 77.5 Å². The Labute approximate surface area is 420 Å². The number of benzene rings is 7. The van der Waals surface area contributed by atoms with Crippen molar-refractivity contribution < 1.29 is 31.4 Å². The Kier molecular flexibility index (Phi) is 11.7. The zero-order valence-corrected chi connectivity index (χ0v) is 44.2. The monoisotopic (exact) mass is 1120 g/mol. The van der Waals surface area contributed by atoms with Crippen LogP contribution in [0.2, 0.25) is 17.3 Å². The molecule has 67 heavy (non-hydrogen) atoms. The van der Waals surface area contributed by atoms with Crippen molar-refractivity contribution in [3.05, 3.63) is 193 Å². The largest absolute Gasteiger partial charge is 0 e. The first-order valence-corrected chi connectivity index (χ1v) is 30.0. The van der Waals surface area contributed by atoms with Crippen LogP contribution in [0.4, 0.5) is 0 Å². The summed E-state index contributed by atoms with van der Waals surface area (Å²) in [5, 5.41) is 2.15. The number of nitrogens with zero attached hydrogens (tertiary/aromatic N) is 3. The van der Waals surface area contributed by atoms with Gasteiger partial charge in [-0.2, -0.15) is 0 Å². The van der Waals surface area contributed by atoms with E-state index >= 15 is 0 Å². The van der Waals surface area contributed by atoms with Crippen molar-refractivity contribution in [1.82, 2.24) is 14.5 Å². The van der Waals surface area contributed by atoms with Crippen LogP contribution in [-0.2, 0) is 31.9 Å². The van der Waals surface area contributed by atoms with Gasteiger partial charge < -0.3 is 8.98 Å². The first-order valence-electron chi connectivity index (χ1n) is 25.2. The second-order valence-corrected chi connectivity index (χ2v) is 30.7. The van der Waals surface area contributed by atoms with Gasteiger partial charge in [-0.3, -0.25) is 4.98 Å². The molecule has 6 heteroatoms. The first kappa shape index (κ1) is 41.3. The van der Waals surface area contributed by atoms with Crippen molar-refractivity contribution in [2.24, 2.45) is 5.41 Å². The molecule has 10 rings (SSSR count). The van der Waals surface area contributed by atoms with Gasteiger partial charge in [0, 0.05) is 36.6 Å². The molecule has 0 unspecified atom stereocenters. The van der Waals surface area contributed by atoms with Gasteiger partial charge in [-0.1, -0.05) is 123 Å². The molecule has 0 saturated carbocycles. The van der Waals surface area contributed by atoms with Gasteiger partial charge in [0.2, 0.25) is 0 Å². The van der Waals surface area contributed by atoms with Crippen LogP contribution in [0, 0.1) is 24.4 Å². The van der Waals surface area contributed by atoms with Crippen molar-refractivity contribution in [3.63, 3.8) is 0 Å². The molecule has 0 aliphatic heterocycles. The number of hydrogen-bond acceptors (Lipinski definition) is 3. The van der Waals surface area contributed by atoms with Gasteiger partial charge in [0.05, 0.1) is 28.1 Å². The van der Waals surface area contributed by atoms with Gasteiger partial charge in [0.15, 0.2) is 0 Å². The standard InChI is InChI=1S/C41H31N2O.C20H28GeN.Ir/c1-41(2,3)29-25-33(27-15-6-4-7-16-27)38(34(26-29)28-17-8-5-9-18-28)43-36-23-12-11-22-35(36)42-40(43)32-21-14-20-31-30-19-10-13-24-37(30)44-39(31)32;1-15-8-10-16(11-9-15)19-12-17(13-20(2,3)4)18(14-22-19)21(5,6)7;/h4-20,22-26H,1-3H3;8-10,12,14H,13H2,1-7H3;/q2*-1;/i;1D3,13D2;. The van der Waals surface area contributed by atoms with Crippen molar-refractivity contribution in [3.8, 4) is 50.6 Å². The van der Waals surface area contributed by atoms with Gasteiger partial charge in [-0.05, 0) is 52.4 Å². The number of fused-ring (bicyclic) bond motifs is 4. The second-order valence-electron chi connectivity index (χ2n) is 20.1. The molecule has 0 bridgehead atoms. The fourth-order valence-corrected chi connectivity index (χ4v) is 11.5. The zero-order valence-electron chi connectivity index (χ0n) is 44.7. The Hall–Kier alpha value is -5.85. The fraction of sp³-hybridized carbons (Fsp3) is 0.213.